The van der Waals surface area contributed by atoms with Gasteiger partial charge in [0.15, 0.2) is 6.10 Å². The van der Waals surface area contributed by atoms with Crippen molar-refractivity contribution in [2.45, 2.75) is 6.10 Å². The third-order valence-electron chi connectivity index (χ3n) is 1.91. The quantitative estimate of drug-likeness (QED) is 0.648. The number of carboxylic acid groups (broad SMARTS) is 1. The van der Waals surface area contributed by atoms with E-state index >= 15 is 0 Å². The molecule has 0 fully saturated rings. The number of aliphatic carboxylic acids is 1. The second-order valence-corrected chi connectivity index (χ2v) is 5.29. The SMILES string of the molecule is O=C(NCC(O)C(=O)O)c1cc(I)ccc1Br. The lowest BCUT2D eigenvalue weighted by Crippen LogP contribution is -2.36. The lowest BCUT2D eigenvalue weighted by molar-refractivity contribution is -0.146. The Bertz CT molecular complexity index is 452. The van der Waals surface area contributed by atoms with Crippen LogP contribution in [0.2, 0.25) is 0 Å². The second-order valence-electron chi connectivity index (χ2n) is 3.19. The summed E-state index contributed by atoms with van der Waals surface area (Å²) < 4.78 is 1.50. The number of nitrogens with one attached hydrogen (secondary N) is 1. The maximum Gasteiger partial charge on any atom is 0.334 e. The van der Waals surface area contributed by atoms with Gasteiger partial charge >= 0.3 is 5.97 Å². The highest BCUT2D eigenvalue weighted by Gasteiger charge is 2.16. The molecule has 1 aromatic carbocycles. The van der Waals surface area contributed by atoms with Crippen molar-refractivity contribution in [1.82, 2.24) is 5.32 Å². The molecule has 1 rings (SSSR count). The first-order valence-electron chi connectivity index (χ1n) is 4.56. The average molecular weight is 414 g/mol. The van der Waals surface area contributed by atoms with Gasteiger partial charge in [-0.2, -0.15) is 0 Å². The summed E-state index contributed by atoms with van der Waals surface area (Å²) in [6.07, 6.45) is -1.60. The zero-order chi connectivity index (χ0) is 13.0. The summed E-state index contributed by atoms with van der Waals surface area (Å²) in [5.74, 6) is -1.80. The molecule has 0 saturated heterocycles. The normalized spacial score (nSPS) is 11.9. The summed E-state index contributed by atoms with van der Waals surface area (Å²) in [5, 5.41) is 19.8. The van der Waals surface area contributed by atoms with Gasteiger partial charge in [0, 0.05) is 8.04 Å². The Labute approximate surface area is 119 Å². The summed E-state index contributed by atoms with van der Waals surface area (Å²) in [6, 6.07) is 5.21. The van der Waals surface area contributed by atoms with Gasteiger partial charge in [-0.3, -0.25) is 4.79 Å². The number of halogens is 2. The van der Waals surface area contributed by atoms with E-state index in [1.165, 1.54) is 0 Å². The van der Waals surface area contributed by atoms with Crippen LogP contribution in [0.4, 0.5) is 0 Å². The second kappa shape index (κ2) is 6.31. The molecule has 7 heteroatoms. The maximum absolute atomic E-state index is 11.7. The van der Waals surface area contributed by atoms with Gasteiger partial charge in [0.25, 0.3) is 5.91 Å². The van der Waals surface area contributed by atoms with Crippen molar-refractivity contribution >= 4 is 50.4 Å². The maximum atomic E-state index is 11.7. The third-order valence-corrected chi connectivity index (χ3v) is 3.28. The van der Waals surface area contributed by atoms with Crippen LogP contribution in [0.15, 0.2) is 22.7 Å². The lowest BCUT2D eigenvalue weighted by atomic mass is 10.2. The minimum atomic E-state index is -1.60. The van der Waals surface area contributed by atoms with Gasteiger partial charge in [0.2, 0.25) is 0 Å². The Balaban J connectivity index is 2.70. The first-order chi connectivity index (χ1) is 7.91. The molecule has 1 atom stereocenters. The Morgan fingerprint density at radius 1 is 1.47 bits per heavy atom. The van der Waals surface area contributed by atoms with Gasteiger partial charge in [-0.05, 0) is 56.7 Å². The summed E-state index contributed by atoms with van der Waals surface area (Å²) in [6.45, 7) is -0.327. The number of aliphatic hydroxyl groups excluding tert-OH is 1. The molecule has 1 unspecified atom stereocenters. The van der Waals surface area contributed by atoms with Gasteiger partial charge < -0.3 is 15.5 Å². The molecule has 0 aromatic heterocycles. The van der Waals surface area contributed by atoms with E-state index in [4.69, 9.17) is 10.2 Å². The number of rotatable bonds is 4. The van der Waals surface area contributed by atoms with Crippen LogP contribution in [-0.2, 0) is 4.79 Å². The Morgan fingerprint density at radius 3 is 2.71 bits per heavy atom. The number of amides is 1. The molecule has 0 bridgehead atoms. The van der Waals surface area contributed by atoms with Crippen LogP contribution in [0, 0.1) is 3.57 Å². The molecule has 0 aliphatic heterocycles. The number of carboxylic acids is 1. The smallest absolute Gasteiger partial charge is 0.334 e. The van der Waals surface area contributed by atoms with Crippen molar-refractivity contribution in [1.29, 1.82) is 0 Å². The molecule has 0 radical (unpaired) electrons. The van der Waals surface area contributed by atoms with E-state index in [1.807, 2.05) is 6.07 Å². The number of hydrogen-bond acceptors (Lipinski definition) is 3. The van der Waals surface area contributed by atoms with Gasteiger partial charge in [-0.25, -0.2) is 4.79 Å². The van der Waals surface area contributed by atoms with E-state index in [0.717, 1.165) is 3.57 Å². The molecule has 17 heavy (non-hydrogen) atoms. The van der Waals surface area contributed by atoms with E-state index < -0.39 is 18.0 Å². The summed E-state index contributed by atoms with van der Waals surface area (Å²) in [5.41, 5.74) is 0.398. The van der Waals surface area contributed by atoms with Crippen molar-refractivity contribution < 1.29 is 19.8 Å². The Hall–Kier alpha value is -0.670. The molecule has 5 nitrogen and oxygen atoms in total. The van der Waals surface area contributed by atoms with Gasteiger partial charge in [0.1, 0.15) is 0 Å². The van der Waals surface area contributed by atoms with E-state index in [2.05, 4.69) is 43.8 Å². The lowest BCUT2D eigenvalue weighted by Gasteiger charge is -2.09. The molecule has 0 aliphatic carbocycles. The number of aliphatic hydroxyl groups is 1. The summed E-state index contributed by atoms with van der Waals surface area (Å²) >= 11 is 5.29. The molecule has 1 amide bonds. The molecule has 0 spiro atoms. The highest BCUT2D eigenvalue weighted by Crippen LogP contribution is 2.19. The van der Waals surface area contributed by atoms with E-state index in [9.17, 15) is 9.59 Å². The molecule has 92 valence electrons. The average Bonchev–Trinajstić information content (AvgIpc) is 2.28. The zero-order valence-electron chi connectivity index (χ0n) is 8.48. The van der Waals surface area contributed by atoms with Gasteiger partial charge in [-0.15, -0.1) is 0 Å². The largest absolute Gasteiger partial charge is 0.479 e. The van der Waals surface area contributed by atoms with Crippen LogP contribution >= 0.6 is 38.5 Å². The predicted molar refractivity (Wildman–Crippen MR) is 72.8 cm³/mol. The summed E-state index contributed by atoms with van der Waals surface area (Å²) in [4.78, 5) is 22.1. The van der Waals surface area contributed by atoms with Crippen molar-refractivity contribution in [3.05, 3.63) is 31.8 Å². The fraction of sp³-hybridized carbons (Fsp3) is 0.200. The Morgan fingerprint density at radius 2 is 2.12 bits per heavy atom. The fourth-order valence-corrected chi connectivity index (χ4v) is 1.96. The number of benzene rings is 1. The van der Waals surface area contributed by atoms with Crippen LogP contribution in [-0.4, -0.2) is 34.7 Å². The van der Waals surface area contributed by atoms with Crippen molar-refractivity contribution in [3.8, 4) is 0 Å². The van der Waals surface area contributed by atoms with Crippen LogP contribution < -0.4 is 5.32 Å². The zero-order valence-corrected chi connectivity index (χ0v) is 12.2. The minimum Gasteiger partial charge on any atom is -0.479 e. The molecular weight excluding hydrogens is 405 g/mol. The predicted octanol–water partition coefficient (Wildman–Crippen LogP) is 1.23. The minimum absolute atomic E-state index is 0.327. The van der Waals surface area contributed by atoms with Crippen LogP contribution in [0.5, 0.6) is 0 Å². The highest BCUT2D eigenvalue weighted by atomic mass is 127. The first-order valence-corrected chi connectivity index (χ1v) is 6.43. The van der Waals surface area contributed by atoms with Crippen LogP contribution in [0.1, 0.15) is 10.4 Å². The molecule has 0 aliphatic rings. The standard InChI is InChI=1S/C10H9BrINO4/c11-7-2-1-5(12)3-6(7)9(15)13-4-8(14)10(16)17/h1-3,8,14H,4H2,(H,13,15)(H,16,17). The van der Waals surface area contributed by atoms with Crippen LogP contribution in [0.25, 0.3) is 0 Å². The number of hydrogen-bond donors (Lipinski definition) is 3. The number of carbonyl (C=O) groups is 2. The molecule has 1 aromatic rings. The fourth-order valence-electron chi connectivity index (χ4n) is 1.04. The van der Waals surface area contributed by atoms with Crippen molar-refractivity contribution in [2.75, 3.05) is 6.54 Å². The topological polar surface area (TPSA) is 86.6 Å². The van der Waals surface area contributed by atoms with Gasteiger partial charge in [0.05, 0.1) is 12.1 Å². The molecule has 0 saturated carbocycles. The third kappa shape index (κ3) is 4.25. The molecule has 0 heterocycles. The van der Waals surface area contributed by atoms with Crippen LogP contribution in [0.3, 0.4) is 0 Å². The summed E-state index contributed by atoms with van der Waals surface area (Å²) in [7, 11) is 0. The molecule has 3 N–H and O–H groups in total. The van der Waals surface area contributed by atoms with E-state index in [0.29, 0.717) is 10.0 Å². The van der Waals surface area contributed by atoms with Gasteiger partial charge in [-0.1, -0.05) is 0 Å². The van der Waals surface area contributed by atoms with Crippen molar-refractivity contribution in [3.63, 3.8) is 0 Å². The Kier molecular flexibility index (Phi) is 5.34. The molecular formula is C10H9BrINO4. The highest BCUT2D eigenvalue weighted by molar-refractivity contribution is 14.1. The number of carbonyl (C=O) groups excluding carboxylic acids is 1. The van der Waals surface area contributed by atoms with E-state index in [-0.39, 0.29) is 6.54 Å². The van der Waals surface area contributed by atoms with Crippen molar-refractivity contribution in [2.24, 2.45) is 0 Å². The van der Waals surface area contributed by atoms with E-state index in [1.54, 1.807) is 12.1 Å². The first kappa shape index (κ1) is 14.4. The monoisotopic (exact) mass is 413 g/mol.